The van der Waals surface area contributed by atoms with Gasteiger partial charge in [0.2, 0.25) is 0 Å². The quantitative estimate of drug-likeness (QED) is 0.295. The van der Waals surface area contributed by atoms with E-state index < -0.39 is 0 Å². The minimum atomic E-state index is 0. The van der Waals surface area contributed by atoms with E-state index >= 15 is 0 Å². The maximum Gasteiger partial charge on any atom is 2.00 e. The van der Waals surface area contributed by atoms with Crippen LogP contribution in [0.3, 0.4) is 0 Å². The number of hydrogen-bond donors (Lipinski definition) is 0. The molecule has 0 aromatic heterocycles. The van der Waals surface area contributed by atoms with E-state index in [1.807, 2.05) is 0 Å². The van der Waals surface area contributed by atoms with Gasteiger partial charge in [0.15, 0.2) is 0 Å². The molecule has 0 amide bonds. The van der Waals surface area contributed by atoms with Gasteiger partial charge in [-0.05, 0) is 0 Å². The van der Waals surface area contributed by atoms with Crippen molar-refractivity contribution in [2.75, 3.05) is 0 Å². The molecule has 0 fully saturated rings. The third-order valence-electron chi connectivity index (χ3n) is 3.10. The van der Waals surface area contributed by atoms with Gasteiger partial charge in [0.05, 0.1) is 0 Å². The van der Waals surface area contributed by atoms with Gasteiger partial charge in [-0.25, -0.2) is 0 Å². The maximum atomic E-state index is 3.87. The third kappa shape index (κ3) is 22.8. The molecular weight excluding hydrogens is 284 g/mol. The van der Waals surface area contributed by atoms with Gasteiger partial charge in [-0.1, -0.05) is 84.0 Å². The molecule has 0 heterocycles. The summed E-state index contributed by atoms with van der Waals surface area (Å²) in [5, 5.41) is 0. The molecule has 0 aromatic rings. The van der Waals surface area contributed by atoms with E-state index in [1.165, 1.54) is 77.0 Å². The molecule has 0 aliphatic heterocycles. The number of halogens is 1. The number of hydrogen-bond acceptors (Lipinski definition) is 0. The van der Waals surface area contributed by atoms with Crippen LogP contribution in [0.1, 0.15) is 90.4 Å². The first kappa shape index (κ1) is 23.3. The molecule has 0 nitrogen and oxygen atoms in total. The molecule has 0 unspecified atom stereocenters. The van der Waals surface area contributed by atoms with Crippen LogP contribution >= 0.6 is 0 Å². The van der Waals surface area contributed by atoms with Crippen molar-refractivity contribution in [2.24, 2.45) is 0 Å². The van der Waals surface area contributed by atoms with E-state index in [4.69, 9.17) is 0 Å². The first-order valence-corrected chi connectivity index (χ1v) is 7.21. The van der Waals surface area contributed by atoms with Crippen LogP contribution in [0.25, 0.3) is 0 Å². The van der Waals surface area contributed by atoms with Gasteiger partial charge in [0.1, 0.15) is 0 Å². The summed E-state index contributed by atoms with van der Waals surface area (Å²) in [6.07, 6.45) is 18.3. The molecular formula is C15H31BrMg. The second kappa shape index (κ2) is 22.4. The first-order chi connectivity index (χ1) is 7.41. The van der Waals surface area contributed by atoms with Gasteiger partial charge >= 0.3 is 23.1 Å². The van der Waals surface area contributed by atoms with E-state index in [9.17, 15) is 0 Å². The van der Waals surface area contributed by atoms with E-state index in [2.05, 4.69) is 13.8 Å². The largest absolute Gasteiger partial charge is 2.00 e. The zero-order valence-corrected chi connectivity index (χ0v) is 15.0. The van der Waals surface area contributed by atoms with E-state index in [-0.39, 0.29) is 40.0 Å². The molecule has 17 heavy (non-hydrogen) atoms. The molecule has 0 spiro atoms. The van der Waals surface area contributed by atoms with Crippen LogP contribution in [0, 0.1) is 6.92 Å². The van der Waals surface area contributed by atoms with Crippen LogP contribution in [0.15, 0.2) is 0 Å². The Labute approximate surface area is 137 Å². The van der Waals surface area contributed by atoms with Crippen LogP contribution in [0.2, 0.25) is 0 Å². The molecule has 0 N–H and O–H groups in total. The molecule has 0 saturated heterocycles. The normalized spacial score (nSPS) is 9.53. The van der Waals surface area contributed by atoms with Crippen molar-refractivity contribution in [1.29, 1.82) is 0 Å². The first-order valence-electron chi connectivity index (χ1n) is 7.21. The predicted octanol–water partition coefficient (Wildman–Crippen LogP) is 2.53. The average Bonchev–Trinajstić information content (AvgIpc) is 2.26. The topological polar surface area (TPSA) is 0 Å². The Morgan fingerprint density at radius 2 is 0.882 bits per heavy atom. The standard InChI is InChI=1S/C15H31.BrH.Mg/c1-3-5-7-9-11-13-15-14-12-10-8-6-4-2;;/h1,3-15H2,2H3;1H;/q-1;;+2/p-1. The zero-order valence-electron chi connectivity index (χ0n) is 12.0. The van der Waals surface area contributed by atoms with Crippen molar-refractivity contribution in [3.05, 3.63) is 6.92 Å². The van der Waals surface area contributed by atoms with Crippen LogP contribution < -0.4 is 17.0 Å². The average molecular weight is 316 g/mol. The van der Waals surface area contributed by atoms with Crippen LogP contribution in [0.5, 0.6) is 0 Å². The summed E-state index contributed by atoms with van der Waals surface area (Å²) in [4.78, 5) is 0. The molecule has 0 saturated carbocycles. The maximum absolute atomic E-state index is 3.87. The Kier molecular flexibility index (Phi) is 30.8. The molecule has 0 rings (SSSR count). The van der Waals surface area contributed by atoms with Crippen molar-refractivity contribution in [3.63, 3.8) is 0 Å². The van der Waals surface area contributed by atoms with E-state index in [0.29, 0.717) is 0 Å². The molecule has 0 atom stereocenters. The van der Waals surface area contributed by atoms with Crippen LogP contribution in [0.4, 0.5) is 0 Å². The summed E-state index contributed by atoms with van der Waals surface area (Å²) >= 11 is 0. The van der Waals surface area contributed by atoms with Gasteiger partial charge in [-0.3, -0.25) is 0 Å². The van der Waals surface area contributed by atoms with Gasteiger partial charge in [-0.2, -0.15) is 6.42 Å². The summed E-state index contributed by atoms with van der Waals surface area (Å²) in [6, 6.07) is 0. The molecule has 0 bridgehead atoms. The monoisotopic (exact) mass is 314 g/mol. The second-order valence-electron chi connectivity index (χ2n) is 4.74. The smallest absolute Gasteiger partial charge is 1.00 e. The van der Waals surface area contributed by atoms with E-state index in [0.717, 1.165) is 6.42 Å². The molecule has 0 aromatic carbocycles. The molecule has 0 aliphatic rings. The fraction of sp³-hybridized carbons (Fsp3) is 0.933. The molecule has 0 radical (unpaired) electrons. The summed E-state index contributed by atoms with van der Waals surface area (Å²) in [5.41, 5.74) is 0. The summed E-state index contributed by atoms with van der Waals surface area (Å²) in [7, 11) is 0. The van der Waals surface area contributed by atoms with Crippen LogP contribution in [-0.4, -0.2) is 23.1 Å². The molecule has 0 aliphatic carbocycles. The van der Waals surface area contributed by atoms with Gasteiger partial charge < -0.3 is 23.9 Å². The number of unbranched alkanes of at least 4 members (excludes halogenated alkanes) is 12. The van der Waals surface area contributed by atoms with Crippen LogP contribution in [-0.2, 0) is 0 Å². The van der Waals surface area contributed by atoms with Crippen molar-refractivity contribution in [3.8, 4) is 0 Å². The Bertz CT molecular complexity index is 95.1. The third-order valence-corrected chi connectivity index (χ3v) is 3.10. The van der Waals surface area contributed by atoms with Crippen molar-refractivity contribution >= 4 is 23.1 Å². The fourth-order valence-corrected chi connectivity index (χ4v) is 2.02. The summed E-state index contributed by atoms with van der Waals surface area (Å²) in [5.74, 6) is 0. The fourth-order valence-electron chi connectivity index (χ4n) is 2.02. The van der Waals surface area contributed by atoms with Gasteiger partial charge in [0.25, 0.3) is 0 Å². The minimum absolute atomic E-state index is 0. The Balaban J connectivity index is -0.000000980. The second-order valence-corrected chi connectivity index (χ2v) is 4.74. The molecule has 100 valence electrons. The summed E-state index contributed by atoms with van der Waals surface area (Å²) < 4.78 is 0. The van der Waals surface area contributed by atoms with Crippen molar-refractivity contribution in [1.82, 2.24) is 0 Å². The number of rotatable bonds is 12. The van der Waals surface area contributed by atoms with Gasteiger partial charge in [-0.15, -0.1) is 0 Å². The Hall–Kier alpha value is 1.25. The summed E-state index contributed by atoms with van der Waals surface area (Å²) in [6.45, 7) is 6.15. The van der Waals surface area contributed by atoms with E-state index in [1.54, 1.807) is 0 Å². The molecule has 2 heteroatoms. The van der Waals surface area contributed by atoms with Crippen molar-refractivity contribution < 1.29 is 17.0 Å². The Morgan fingerprint density at radius 1 is 0.588 bits per heavy atom. The SMILES string of the molecule is [Br-].[CH2-]CCCCCCCCCCCCCC.[Mg+2]. The van der Waals surface area contributed by atoms with Gasteiger partial charge in [0, 0.05) is 0 Å². The predicted molar refractivity (Wildman–Crippen MR) is 76.8 cm³/mol. The van der Waals surface area contributed by atoms with Crippen molar-refractivity contribution in [2.45, 2.75) is 90.4 Å². The zero-order chi connectivity index (χ0) is 11.2. The Morgan fingerprint density at radius 3 is 1.18 bits per heavy atom. The minimum Gasteiger partial charge on any atom is -1.00 e.